The summed E-state index contributed by atoms with van der Waals surface area (Å²) in [6.07, 6.45) is 28.0. The number of unbranched alkanes of at least 4 members (excludes halogenated alkanes) is 24. The molecule has 0 spiro atoms. The molecule has 66 heavy (non-hydrogen) atoms. The van der Waals surface area contributed by atoms with Crippen molar-refractivity contribution in [1.29, 1.82) is 0 Å². The first-order valence-corrected chi connectivity index (χ1v) is 27.5. The van der Waals surface area contributed by atoms with E-state index in [0.717, 1.165) is 70.8 Å². The van der Waals surface area contributed by atoms with Gasteiger partial charge in [0.2, 0.25) is 0 Å². The Morgan fingerprint density at radius 3 is 1.36 bits per heavy atom. The van der Waals surface area contributed by atoms with Gasteiger partial charge >= 0.3 is 17.9 Å². The fourth-order valence-corrected chi connectivity index (χ4v) is 8.81. The van der Waals surface area contributed by atoms with Gasteiger partial charge < -0.3 is 42.8 Å². The van der Waals surface area contributed by atoms with Crippen molar-refractivity contribution in [1.82, 2.24) is 4.90 Å². The van der Waals surface area contributed by atoms with Gasteiger partial charge in [-0.25, -0.2) is 9.59 Å². The van der Waals surface area contributed by atoms with Crippen LogP contribution in [0.2, 0.25) is 0 Å². The topological polar surface area (TPSA) is 128 Å². The van der Waals surface area contributed by atoms with Crippen LogP contribution in [0.25, 0.3) is 0 Å². The zero-order valence-electron chi connectivity index (χ0n) is 43.4. The second-order valence-corrected chi connectivity index (χ2v) is 19.7. The summed E-state index contributed by atoms with van der Waals surface area (Å²) in [5.41, 5.74) is -0.650. The van der Waals surface area contributed by atoms with Crippen LogP contribution < -0.4 is 0 Å². The van der Waals surface area contributed by atoms with Gasteiger partial charge in [-0.05, 0) is 52.6 Å². The molecule has 0 amide bonds. The Kier molecular flexibility index (Phi) is 36.5. The van der Waals surface area contributed by atoms with Crippen molar-refractivity contribution in [3.8, 4) is 0 Å². The van der Waals surface area contributed by atoms with Crippen molar-refractivity contribution in [3.05, 3.63) is 0 Å². The number of carbonyl (C=O) groups excluding carboxylic acids is 3. The molecule has 0 bridgehead atoms. The van der Waals surface area contributed by atoms with Gasteiger partial charge in [0.1, 0.15) is 12.7 Å². The maximum Gasteiger partial charge on any atom is 0.338 e. The summed E-state index contributed by atoms with van der Waals surface area (Å²) in [5.74, 6) is -1.52. The molecule has 0 radical (unpaired) electrons. The van der Waals surface area contributed by atoms with Crippen LogP contribution in [0.3, 0.4) is 0 Å². The van der Waals surface area contributed by atoms with Crippen LogP contribution in [-0.2, 0) is 52.3 Å². The number of nitrogens with zero attached hydrogens (tertiary/aromatic N) is 1. The summed E-state index contributed by atoms with van der Waals surface area (Å²) in [6.45, 7) is 14.0. The second-order valence-electron chi connectivity index (χ2n) is 19.7. The molecule has 0 aromatic heterocycles. The van der Waals surface area contributed by atoms with Crippen LogP contribution in [0.15, 0.2) is 0 Å². The van der Waals surface area contributed by atoms with E-state index >= 15 is 0 Å². The largest absolute Gasteiger partial charge is 0.462 e. The number of hydrogen-bond acceptors (Lipinski definition) is 12. The van der Waals surface area contributed by atoms with Crippen LogP contribution in [0.5, 0.6) is 0 Å². The van der Waals surface area contributed by atoms with Crippen molar-refractivity contribution in [3.63, 3.8) is 0 Å². The second kappa shape index (κ2) is 40.0. The van der Waals surface area contributed by atoms with Gasteiger partial charge in [-0.3, -0.25) is 4.79 Å². The SMILES string of the molecule is CCCCCCCCCOCC(OCCCCCCCCC)C(=O)O[C@@H]1[C@@H](OC(=O)C(COCCCCCCCCC)OCCCCCCCCC)CO[C@@H]1COC(=O)C1(C)CCN(C)C1. The highest BCUT2D eigenvalue weighted by Crippen LogP contribution is 2.31. The minimum absolute atomic E-state index is 0.0341. The first kappa shape index (κ1) is 60.3. The lowest BCUT2D eigenvalue weighted by Gasteiger charge is -2.27. The number of carbonyl (C=O) groups is 3. The highest BCUT2D eigenvalue weighted by atomic mass is 16.7. The van der Waals surface area contributed by atoms with E-state index in [1.807, 2.05) is 14.0 Å². The summed E-state index contributed by atoms with van der Waals surface area (Å²) in [6, 6.07) is 0. The van der Waals surface area contributed by atoms with Crippen LogP contribution in [0, 0.1) is 5.41 Å². The van der Waals surface area contributed by atoms with E-state index in [0.29, 0.717) is 39.4 Å². The molecule has 0 N–H and O–H groups in total. The molecule has 388 valence electrons. The lowest BCUT2D eigenvalue weighted by molar-refractivity contribution is -0.185. The molecule has 2 rings (SSSR count). The average molecular weight is 940 g/mol. The van der Waals surface area contributed by atoms with E-state index in [1.165, 1.54) is 116 Å². The lowest BCUT2D eigenvalue weighted by Crippen LogP contribution is -2.45. The third-order valence-electron chi connectivity index (χ3n) is 13.2. The highest BCUT2D eigenvalue weighted by molar-refractivity contribution is 5.77. The Morgan fingerprint density at radius 1 is 0.561 bits per heavy atom. The molecular formula is C54H101NO11. The summed E-state index contributed by atoms with van der Waals surface area (Å²) in [4.78, 5) is 43.7. The molecule has 12 heteroatoms. The van der Waals surface area contributed by atoms with Gasteiger partial charge in [-0.2, -0.15) is 0 Å². The number of ether oxygens (including phenoxy) is 8. The Hall–Kier alpha value is -1.83. The van der Waals surface area contributed by atoms with Gasteiger partial charge in [0.25, 0.3) is 0 Å². The van der Waals surface area contributed by atoms with Gasteiger partial charge in [0, 0.05) is 33.0 Å². The Labute approximate surface area is 403 Å². The van der Waals surface area contributed by atoms with E-state index in [4.69, 9.17) is 37.9 Å². The van der Waals surface area contributed by atoms with Crippen LogP contribution in [0.4, 0.5) is 0 Å². The highest BCUT2D eigenvalue weighted by Gasteiger charge is 2.47. The lowest BCUT2D eigenvalue weighted by atomic mass is 9.90. The minimum atomic E-state index is -1.04. The van der Waals surface area contributed by atoms with E-state index in [1.54, 1.807) is 0 Å². The monoisotopic (exact) mass is 940 g/mol. The molecule has 2 heterocycles. The quantitative estimate of drug-likeness (QED) is 0.0327. The van der Waals surface area contributed by atoms with Gasteiger partial charge in [0.15, 0.2) is 24.4 Å². The predicted molar refractivity (Wildman–Crippen MR) is 264 cm³/mol. The van der Waals surface area contributed by atoms with Crippen molar-refractivity contribution in [2.75, 3.05) is 73.0 Å². The Balaban J connectivity index is 2.17. The van der Waals surface area contributed by atoms with Crippen molar-refractivity contribution in [2.45, 2.75) is 251 Å². The fraction of sp³-hybridized carbons (Fsp3) is 0.944. The number of rotatable bonds is 45. The van der Waals surface area contributed by atoms with Gasteiger partial charge in [0.05, 0.1) is 25.2 Å². The summed E-state index contributed by atoms with van der Waals surface area (Å²) in [7, 11) is 1.99. The Bertz CT molecular complexity index is 1190. The molecule has 0 aromatic carbocycles. The summed E-state index contributed by atoms with van der Waals surface area (Å²) in [5, 5.41) is 0. The summed E-state index contributed by atoms with van der Waals surface area (Å²) < 4.78 is 48.9. The molecule has 2 saturated heterocycles. The maximum atomic E-state index is 14.2. The first-order valence-electron chi connectivity index (χ1n) is 27.5. The summed E-state index contributed by atoms with van der Waals surface area (Å²) >= 11 is 0. The molecule has 2 fully saturated rings. The molecular weight excluding hydrogens is 839 g/mol. The number of esters is 3. The smallest absolute Gasteiger partial charge is 0.338 e. The normalized spacial score (nSPS) is 20.7. The van der Waals surface area contributed by atoms with E-state index in [9.17, 15) is 14.4 Å². The zero-order chi connectivity index (χ0) is 47.9. The molecule has 12 nitrogen and oxygen atoms in total. The predicted octanol–water partition coefficient (Wildman–Crippen LogP) is 11.9. The zero-order valence-corrected chi connectivity index (χ0v) is 43.4. The molecule has 0 saturated carbocycles. The molecule has 0 aliphatic carbocycles. The van der Waals surface area contributed by atoms with Crippen molar-refractivity contribution >= 4 is 17.9 Å². The average Bonchev–Trinajstić information content (AvgIpc) is 3.87. The van der Waals surface area contributed by atoms with Crippen molar-refractivity contribution in [2.24, 2.45) is 5.41 Å². The third kappa shape index (κ3) is 28.0. The molecule has 6 atom stereocenters. The molecule has 0 aromatic rings. The minimum Gasteiger partial charge on any atom is -0.462 e. The van der Waals surface area contributed by atoms with Crippen LogP contribution >= 0.6 is 0 Å². The number of hydrogen-bond donors (Lipinski definition) is 0. The van der Waals surface area contributed by atoms with Crippen molar-refractivity contribution < 1.29 is 52.3 Å². The Morgan fingerprint density at radius 2 is 0.955 bits per heavy atom. The fourth-order valence-electron chi connectivity index (χ4n) is 8.81. The third-order valence-corrected chi connectivity index (χ3v) is 13.2. The van der Waals surface area contributed by atoms with Crippen LogP contribution in [0.1, 0.15) is 221 Å². The molecule has 2 aliphatic rings. The first-order chi connectivity index (χ1) is 32.2. The molecule has 3 unspecified atom stereocenters. The van der Waals surface area contributed by atoms with E-state index < -0.39 is 47.9 Å². The standard InChI is InChI=1S/C54H101NO11/c1-7-11-15-19-23-27-31-37-59-41-48(61-39-33-29-25-21-17-13-9-3)51(56)65-47-44-63-46(43-64-53(58)54(5)35-36-55(6)45-54)50(47)66-52(57)49(62-40-34-30-26-22-18-14-10-4)42-60-38-32-28-24-20-16-12-8-2/h46-50H,7-45H2,1-6H3/t46-,47+,48?,49?,50+,54?/m1/s1. The van der Waals surface area contributed by atoms with Crippen LogP contribution in [-0.4, -0.2) is 126 Å². The maximum absolute atomic E-state index is 14.2. The van der Waals surface area contributed by atoms with E-state index in [-0.39, 0.29) is 32.4 Å². The number of likely N-dealkylation sites (tertiary alicyclic amines) is 1. The van der Waals surface area contributed by atoms with Gasteiger partial charge in [-0.1, -0.05) is 182 Å². The van der Waals surface area contributed by atoms with Gasteiger partial charge in [-0.15, -0.1) is 0 Å². The van der Waals surface area contributed by atoms with E-state index in [2.05, 4.69) is 32.6 Å². The molecule has 2 aliphatic heterocycles.